The molecule has 1 amide bonds. The van der Waals surface area contributed by atoms with E-state index < -0.39 is 5.41 Å². The van der Waals surface area contributed by atoms with Gasteiger partial charge in [0.2, 0.25) is 0 Å². The smallest absolute Gasteiger partial charge is 0.313 e. The zero-order chi connectivity index (χ0) is 13.8. The molecule has 0 radical (unpaired) electrons. The molecular weight excluding hydrogens is 254 g/mol. The van der Waals surface area contributed by atoms with Crippen molar-refractivity contribution in [2.24, 2.45) is 5.41 Å². The van der Waals surface area contributed by atoms with Gasteiger partial charge in [-0.2, -0.15) is 0 Å². The lowest BCUT2D eigenvalue weighted by atomic mass is 9.93. The fourth-order valence-electron chi connectivity index (χ4n) is 1.38. The minimum Gasteiger partial charge on any atom is -0.469 e. The van der Waals surface area contributed by atoms with E-state index in [2.05, 4.69) is 10.1 Å². The first kappa shape index (κ1) is 14.5. The standard InChI is InChI=1S/C13H16ClNO3/c1-13(2,12(17)18-3)8-15-11(16)9-5-4-6-10(14)7-9/h4-7H,8H2,1-3H3,(H,15,16). The molecule has 0 saturated carbocycles. The van der Waals surface area contributed by atoms with Crippen LogP contribution < -0.4 is 5.32 Å². The summed E-state index contributed by atoms with van der Waals surface area (Å²) in [6.07, 6.45) is 0. The zero-order valence-electron chi connectivity index (χ0n) is 10.6. The number of carbonyl (C=O) groups excluding carboxylic acids is 2. The van der Waals surface area contributed by atoms with Crippen molar-refractivity contribution in [3.63, 3.8) is 0 Å². The second-order valence-corrected chi connectivity index (χ2v) is 5.00. The number of carbonyl (C=O) groups is 2. The van der Waals surface area contributed by atoms with Gasteiger partial charge in [-0.1, -0.05) is 17.7 Å². The van der Waals surface area contributed by atoms with Crippen molar-refractivity contribution in [3.05, 3.63) is 34.9 Å². The van der Waals surface area contributed by atoms with Crippen LogP contribution in [-0.4, -0.2) is 25.5 Å². The predicted molar refractivity (Wildman–Crippen MR) is 69.6 cm³/mol. The second-order valence-electron chi connectivity index (χ2n) is 4.57. The highest BCUT2D eigenvalue weighted by molar-refractivity contribution is 6.30. The van der Waals surface area contributed by atoms with Gasteiger partial charge < -0.3 is 10.1 Å². The molecule has 4 nitrogen and oxygen atoms in total. The Balaban J connectivity index is 2.64. The molecule has 98 valence electrons. The predicted octanol–water partition coefficient (Wildman–Crippen LogP) is 2.27. The Kier molecular flexibility index (Phi) is 4.73. The fraction of sp³-hybridized carbons (Fsp3) is 0.385. The van der Waals surface area contributed by atoms with Crippen LogP contribution in [-0.2, 0) is 9.53 Å². The van der Waals surface area contributed by atoms with E-state index in [1.54, 1.807) is 38.1 Å². The third-order valence-corrected chi connectivity index (χ3v) is 2.75. The van der Waals surface area contributed by atoms with E-state index in [0.29, 0.717) is 10.6 Å². The summed E-state index contributed by atoms with van der Waals surface area (Å²) in [4.78, 5) is 23.3. The Morgan fingerprint density at radius 1 is 1.39 bits per heavy atom. The van der Waals surface area contributed by atoms with Crippen LogP contribution in [0.15, 0.2) is 24.3 Å². The summed E-state index contributed by atoms with van der Waals surface area (Å²) in [6, 6.07) is 6.62. The van der Waals surface area contributed by atoms with Crippen LogP contribution >= 0.6 is 11.6 Å². The molecule has 0 aromatic heterocycles. The topological polar surface area (TPSA) is 55.4 Å². The third kappa shape index (κ3) is 3.74. The van der Waals surface area contributed by atoms with Crippen LogP contribution in [0.2, 0.25) is 5.02 Å². The molecule has 0 heterocycles. The average molecular weight is 270 g/mol. The monoisotopic (exact) mass is 269 g/mol. The summed E-state index contributed by atoms with van der Waals surface area (Å²) < 4.78 is 4.66. The summed E-state index contributed by atoms with van der Waals surface area (Å²) in [7, 11) is 1.32. The maximum absolute atomic E-state index is 11.8. The maximum atomic E-state index is 11.8. The van der Waals surface area contributed by atoms with Crippen LogP contribution in [0.5, 0.6) is 0 Å². The molecule has 0 aliphatic carbocycles. The number of nitrogens with one attached hydrogen (secondary N) is 1. The van der Waals surface area contributed by atoms with Gasteiger partial charge in [-0.05, 0) is 32.0 Å². The van der Waals surface area contributed by atoms with Gasteiger partial charge in [0.25, 0.3) is 5.91 Å². The number of hydrogen-bond acceptors (Lipinski definition) is 3. The van der Waals surface area contributed by atoms with E-state index in [4.69, 9.17) is 11.6 Å². The van der Waals surface area contributed by atoms with E-state index in [1.807, 2.05) is 0 Å². The van der Waals surface area contributed by atoms with Crippen LogP contribution in [0, 0.1) is 5.41 Å². The van der Waals surface area contributed by atoms with Gasteiger partial charge in [0.15, 0.2) is 0 Å². The molecule has 0 spiro atoms. The first-order valence-corrected chi connectivity index (χ1v) is 5.87. The largest absolute Gasteiger partial charge is 0.469 e. The van der Waals surface area contributed by atoms with Crippen molar-refractivity contribution in [3.8, 4) is 0 Å². The molecule has 0 aliphatic rings. The molecular formula is C13H16ClNO3. The molecule has 0 unspecified atom stereocenters. The van der Waals surface area contributed by atoms with E-state index in [0.717, 1.165) is 0 Å². The minimum atomic E-state index is -0.761. The van der Waals surface area contributed by atoms with Gasteiger partial charge in [-0.15, -0.1) is 0 Å². The number of ether oxygens (including phenoxy) is 1. The lowest BCUT2D eigenvalue weighted by Crippen LogP contribution is -2.39. The number of esters is 1. The summed E-state index contributed by atoms with van der Waals surface area (Å²) in [5.74, 6) is -0.636. The van der Waals surface area contributed by atoms with E-state index in [-0.39, 0.29) is 18.4 Å². The molecule has 1 N–H and O–H groups in total. The van der Waals surface area contributed by atoms with Gasteiger partial charge >= 0.3 is 5.97 Å². The van der Waals surface area contributed by atoms with Crippen molar-refractivity contribution in [1.82, 2.24) is 5.32 Å². The van der Waals surface area contributed by atoms with Crippen molar-refractivity contribution in [2.45, 2.75) is 13.8 Å². The number of methoxy groups -OCH3 is 1. The van der Waals surface area contributed by atoms with Gasteiger partial charge in [0, 0.05) is 17.1 Å². The maximum Gasteiger partial charge on any atom is 0.313 e. The van der Waals surface area contributed by atoms with Crippen molar-refractivity contribution < 1.29 is 14.3 Å². The Hall–Kier alpha value is -1.55. The first-order chi connectivity index (χ1) is 8.36. The Bertz CT molecular complexity index is 457. The van der Waals surface area contributed by atoms with Crippen molar-refractivity contribution >= 4 is 23.5 Å². The number of rotatable bonds is 4. The Morgan fingerprint density at radius 3 is 2.61 bits per heavy atom. The molecule has 0 atom stereocenters. The van der Waals surface area contributed by atoms with Gasteiger partial charge in [-0.25, -0.2) is 0 Å². The molecule has 0 saturated heterocycles. The zero-order valence-corrected chi connectivity index (χ0v) is 11.4. The highest BCUT2D eigenvalue weighted by Gasteiger charge is 2.29. The quantitative estimate of drug-likeness (QED) is 0.853. The van der Waals surface area contributed by atoms with E-state index in [9.17, 15) is 9.59 Å². The minimum absolute atomic E-state index is 0.199. The second kappa shape index (κ2) is 5.87. The lowest BCUT2D eigenvalue weighted by molar-refractivity contribution is -0.150. The molecule has 5 heteroatoms. The highest BCUT2D eigenvalue weighted by atomic mass is 35.5. The molecule has 1 rings (SSSR count). The van der Waals surface area contributed by atoms with Crippen molar-refractivity contribution in [1.29, 1.82) is 0 Å². The number of hydrogen-bond donors (Lipinski definition) is 1. The summed E-state index contributed by atoms with van der Waals surface area (Å²) in [5, 5.41) is 3.18. The molecule has 1 aromatic rings. The van der Waals surface area contributed by atoms with Crippen LogP contribution in [0.25, 0.3) is 0 Å². The summed E-state index contributed by atoms with van der Waals surface area (Å²) >= 11 is 5.80. The highest BCUT2D eigenvalue weighted by Crippen LogP contribution is 2.16. The summed E-state index contributed by atoms with van der Waals surface area (Å²) in [5.41, 5.74) is -0.300. The SMILES string of the molecule is COC(=O)C(C)(C)CNC(=O)c1cccc(Cl)c1. The average Bonchev–Trinajstić information content (AvgIpc) is 2.35. The Morgan fingerprint density at radius 2 is 2.06 bits per heavy atom. The third-order valence-electron chi connectivity index (χ3n) is 2.52. The lowest BCUT2D eigenvalue weighted by Gasteiger charge is -2.21. The summed E-state index contributed by atoms with van der Waals surface area (Å²) in [6.45, 7) is 3.61. The Labute approximate surface area is 111 Å². The number of amides is 1. The van der Waals surface area contributed by atoms with Gasteiger partial charge in [-0.3, -0.25) is 9.59 Å². The molecule has 18 heavy (non-hydrogen) atoms. The van der Waals surface area contributed by atoms with Crippen LogP contribution in [0.1, 0.15) is 24.2 Å². The van der Waals surface area contributed by atoms with Crippen LogP contribution in [0.4, 0.5) is 0 Å². The van der Waals surface area contributed by atoms with Gasteiger partial charge in [0.1, 0.15) is 0 Å². The van der Waals surface area contributed by atoms with Crippen molar-refractivity contribution in [2.75, 3.05) is 13.7 Å². The number of benzene rings is 1. The molecule has 1 aromatic carbocycles. The van der Waals surface area contributed by atoms with E-state index >= 15 is 0 Å². The number of halogens is 1. The van der Waals surface area contributed by atoms with E-state index in [1.165, 1.54) is 7.11 Å². The fourth-order valence-corrected chi connectivity index (χ4v) is 1.57. The molecule has 0 fully saturated rings. The van der Waals surface area contributed by atoms with Gasteiger partial charge in [0.05, 0.1) is 12.5 Å². The first-order valence-electron chi connectivity index (χ1n) is 5.49. The molecule has 0 bridgehead atoms. The normalized spacial score (nSPS) is 10.9. The molecule has 0 aliphatic heterocycles. The van der Waals surface area contributed by atoms with Crippen LogP contribution in [0.3, 0.4) is 0 Å².